The zero-order valence-corrected chi connectivity index (χ0v) is 5.48. The van der Waals surface area contributed by atoms with Crippen LogP contribution in [0.3, 0.4) is 0 Å². The normalized spacial score (nSPS) is 34.2. The molecule has 0 amide bonds. The summed E-state index contributed by atoms with van der Waals surface area (Å²) in [6.45, 7) is 5.98. The minimum absolute atomic E-state index is 0.667. The van der Waals surface area contributed by atoms with E-state index in [9.17, 15) is 0 Å². The number of allylic oxidation sites excluding steroid dienone is 1. The topological polar surface area (TPSA) is 9.23 Å². The first-order chi connectivity index (χ1) is 3.75. The lowest BCUT2D eigenvalue weighted by Gasteiger charge is -1.98. The molecule has 0 heterocycles. The molecule has 46 valence electrons. The van der Waals surface area contributed by atoms with Crippen LogP contribution in [0, 0.1) is 11.8 Å². The first kappa shape index (κ1) is 5.67. The molecule has 8 heavy (non-hydrogen) atoms. The van der Waals surface area contributed by atoms with Crippen LogP contribution >= 0.6 is 0 Å². The standard InChI is InChI=1S/C7H12O/c1-5-4-7(5)6(2)8-3/h5,7H,2,4H2,1,3H3/t5-,7-/m1/s1. The lowest BCUT2D eigenvalue weighted by Crippen LogP contribution is -1.86. The zero-order chi connectivity index (χ0) is 6.15. The van der Waals surface area contributed by atoms with Gasteiger partial charge in [-0.05, 0) is 12.3 Å². The molecule has 1 saturated carbocycles. The summed E-state index contributed by atoms with van der Waals surface area (Å²) in [6, 6.07) is 0. The van der Waals surface area contributed by atoms with Crippen molar-refractivity contribution in [2.75, 3.05) is 7.11 Å². The average molecular weight is 112 g/mol. The van der Waals surface area contributed by atoms with Crippen LogP contribution in [0.25, 0.3) is 0 Å². The Morgan fingerprint density at radius 1 is 1.75 bits per heavy atom. The molecule has 0 spiro atoms. The van der Waals surface area contributed by atoms with Crippen LogP contribution in [0.5, 0.6) is 0 Å². The largest absolute Gasteiger partial charge is 0.501 e. The molecule has 0 aliphatic heterocycles. The Balaban J connectivity index is 2.28. The van der Waals surface area contributed by atoms with Gasteiger partial charge >= 0.3 is 0 Å². The van der Waals surface area contributed by atoms with E-state index in [1.165, 1.54) is 6.42 Å². The van der Waals surface area contributed by atoms with E-state index in [1.807, 2.05) is 0 Å². The Bertz CT molecular complexity index is 107. The van der Waals surface area contributed by atoms with Gasteiger partial charge in [0, 0.05) is 5.92 Å². The first-order valence-corrected chi connectivity index (χ1v) is 2.98. The van der Waals surface area contributed by atoms with Crippen LogP contribution in [-0.4, -0.2) is 7.11 Å². The van der Waals surface area contributed by atoms with Crippen LogP contribution in [0.2, 0.25) is 0 Å². The van der Waals surface area contributed by atoms with Crippen molar-refractivity contribution in [2.45, 2.75) is 13.3 Å². The Morgan fingerprint density at radius 2 is 2.25 bits per heavy atom. The molecule has 0 aromatic heterocycles. The van der Waals surface area contributed by atoms with Crippen molar-refractivity contribution in [3.8, 4) is 0 Å². The van der Waals surface area contributed by atoms with Gasteiger partial charge in [-0.1, -0.05) is 13.5 Å². The van der Waals surface area contributed by atoms with Gasteiger partial charge in [0.05, 0.1) is 12.9 Å². The van der Waals surface area contributed by atoms with Crippen molar-refractivity contribution in [1.82, 2.24) is 0 Å². The number of ether oxygens (including phenoxy) is 1. The lowest BCUT2D eigenvalue weighted by molar-refractivity contribution is 0.269. The van der Waals surface area contributed by atoms with Gasteiger partial charge in [0.2, 0.25) is 0 Å². The SMILES string of the molecule is C=C(OC)[C@@H]1C[C@H]1C. The molecule has 0 bridgehead atoms. The highest BCUT2D eigenvalue weighted by Gasteiger charge is 2.35. The Hall–Kier alpha value is -0.460. The molecule has 0 aromatic rings. The third-order valence-electron chi connectivity index (χ3n) is 1.79. The number of hydrogen-bond acceptors (Lipinski definition) is 1. The quantitative estimate of drug-likeness (QED) is 0.495. The summed E-state index contributed by atoms with van der Waals surface area (Å²) in [7, 11) is 1.69. The van der Waals surface area contributed by atoms with Gasteiger partial charge in [-0.25, -0.2) is 0 Å². The molecule has 2 atom stereocenters. The smallest absolute Gasteiger partial charge is 0.0917 e. The maximum Gasteiger partial charge on any atom is 0.0917 e. The van der Waals surface area contributed by atoms with Gasteiger partial charge in [0.25, 0.3) is 0 Å². The van der Waals surface area contributed by atoms with Gasteiger partial charge in [-0.3, -0.25) is 0 Å². The van der Waals surface area contributed by atoms with Crippen LogP contribution in [0.1, 0.15) is 13.3 Å². The van der Waals surface area contributed by atoms with Gasteiger partial charge < -0.3 is 4.74 Å². The van der Waals surface area contributed by atoms with E-state index in [-0.39, 0.29) is 0 Å². The molecule has 1 aliphatic rings. The summed E-state index contributed by atoms with van der Waals surface area (Å²) < 4.78 is 4.95. The lowest BCUT2D eigenvalue weighted by atomic mass is 10.3. The molecule has 1 nitrogen and oxygen atoms in total. The Kier molecular flexibility index (Phi) is 1.28. The molecular weight excluding hydrogens is 100 g/mol. The number of hydrogen-bond donors (Lipinski definition) is 0. The van der Waals surface area contributed by atoms with Crippen LogP contribution < -0.4 is 0 Å². The summed E-state index contributed by atoms with van der Waals surface area (Å²) in [5, 5.41) is 0. The third-order valence-corrected chi connectivity index (χ3v) is 1.79. The van der Waals surface area contributed by atoms with E-state index >= 15 is 0 Å². The summed E-state index contributed by atoms with van der Waals surface area (Å²) in [4.78, 5) is 0. The second-order valence-corrected chi connectivity index (χ2v) is 2.49. The molecule has 1 fully saturated rings. The number of methoxy groups -OCH3 is 1. The molecule has 1 aliphatic carbocycles. The van der Waals surface area contributed by atoms with E-state index in [0.717, 1.165) is 11.7 Å². The van der Waals surface area contributed by atoms with Crippen LogP contribution in [0.15, 0.2) is 12.3 Å². The number of rotatable bonds is 2. The summed E-state index contributed by atoms with van der Waals surface area (Å²) >= 11 is 0. The van der Waals surface area contributed by atoms with Crippen LogP contribution in [-0.2, 0) is 4.74 Å². The van der Waals surface area contributed by atoms with E-state index in [0.29, 0.717) is 5.92 Å². The summed E-state index contributed by atoms with van der Waals surface area (Å²) in [5.41, 5.74) is 0. The van der Waals surface area contributed by atoms with Crippen molar-refractivity contribution in [1.29, 1.82) is 0 Å². The third kappa shape index (κ3) is 0.857. The highest BCUT2D eigenvalue weighted by molar-refractivity contribution is 5.03. The molecule has 1 rings (SSSR count). The van der Waals surface area contributed by atoms with Crippen molar-refractivity contribution < 1.29 is 4.74 Å². The highest BCUT2D eigenvalue weighted by Crippen LogP contribution is 2.42. The van der Waals surface area contributed by atoms with Crippen molar-refractivity contribution in [2.24, 2.45) is 11.8 Å². The molecule has 0 saturated heterocycles. The van der Waals surface area contributed by atoms with Gasteiger partial charge in [-0.2, -0.15) is 0 Å². The minimum atomic E-state index is 0.667. The molecule has 0 N–H and O–H groups in total. The molecule has 0 aromatic carbocycles. The Morgan fingerprint density at radius 3 is 2.38 bits per heavy atom. The van der Waals surface area contributed by atoms with Crippen molar-refractivity contribution >= 4 is 0 Å². The van der Waals surface area contributed by atoms with Gasteiger partial charge in [0.15, 0.2) is 0 Å². The van der Waals surface area contributed by atoms with Gasteiger partial charge in [-0.15, -0.1) is 0 Å². The fraction of sp³-hybridized carbons (Fsp3) is 0.714. The predicted molar refractivity (Wildman–Crippen MR) is 33.4 cm³/mol. The molecule has 0 unspecified atom stereocenters. The Labute approximate surface area is 50.3 Å². The van der Waals surface area contributed by atoms with E-state index in [4.69, 9.17) is 4.74 Å². The molecule has 1 heteroatoms. The highest BCUT2D eigenvalue weighted by atomic mass is 16.5. The average Bonchev–Trinajstić information content (AvgIpc) is 2.45. The van der Waals surface area contributed by atoms with Crippen LogP contribution in [0.4, 0.5) is 0 Å². The fourth-order valence-corrected chi connectivity index (χ4v) is 0.922. The van der Waals surface area contributed by atoms with Gasteiger partial charge in [0.1, 0.15) is 0 Å². The second-order valence-electron chi connectivity index (χ2n) is 2.49. The van der Waals surface area contributed by atoms with E-state index in [2.05, 4.69) is 13.5 Å². The van der Waals surface area contributed by atoms with Crippen molar-refractivity contribution in [3.63, 3.8) is 0 Å². The minimum Gasteiger partial charge on any atom is -0.501 e. The maximum absolute atomic E-state index is 4.95. The molecule has 0 radical (unpaired) electrons. The first-order valence-electron chi connectivity index (χ1n) is 2.98. The fourth-order valence-electron chi connectivity index (χ4n) is 0.922. The van der Waals surface area contributed by atoms with E-state index in [1.54, 1.807) is 7.11 Å². The van der Waals surface area contributed by atoms with E-state index < -0.39 is 0 Å². The monoisotopic (exact) mass is 112 g/mol. The zero-order valence-electron chi connectivity index (χ0n) is 5.48. The predicted octanol–water partition coefficient (Wildman–Crippen LogP) is 1.80. The second kappa shape index (κ2) is 1.81. The summed E-state index contributed by atoms with van der Waals surface area (Å²) in [5.74, 6) is 2.44. The maximum atomic E-state index is 4.95. The molecular formula is C7H12O. The summed E-state index contributed by atoms with van der Waals surface area (Å²) in [6.07, 6.45) is 1.27. The van der Waals surface area contributed by atoms with Crippen molar-refractivity contribution in [3.05, 3.63) is 12.3 Å².